The first-order valence-electron chi connectivity index (χ1n) is 9.27. The van der Waals surface area contributed by atoms with Crippen molar-refractivity contribution < 1.29 is 10.2 Å². The summed E-state index contributed by atoms with van der Waals surface area (Å²) in [6.07, 6.45) is 15.5. The molecule has 4 heteroatoms. The van der Waals surface area contributed by atoms with E-state index in [1.54, 1.807) is 0 Å². The van der Waals surface area contributed by atoms with E-state index >= 15 is 0 Å². The van der Waals surface area contributed by atoms with Gasteiger partial charge in [-0.2, -0.15) is 11.8 Å². The highest BCUT2D eigenvalue weighted by Crippen LogP contribution is 2.15. The molecule has 22 heavy (non-hydrogen) atoms. The molecule has 0 unspecified atom stereocenters. The summed E-state index contributed by atoms with van der Waals surface area (Å²) in [7, 11) is 0. The lowest BCUT2D eigenvalue weighted by molar-refractivity contribution is 0.114. The van der Waals surface area contributed by atoms with E-state index in [2.05, 4.69) is 6.92 Å². The van der Waals surface area contributed by atoms with Crippen LogP contribution in [0.4, 0.5) is 0 Å². The van der Waals surface area contributed by atoms with E-state index in [0.29, 0.717) is 6.42 Å². The Kier molecular flexibility index (Phi) is 16.3. The van der Waals surface area contributed by atoms with Crippen LogP contribution in [0.25, 0.3) is 0 Å². The average molecular weight is 334 g/mol. The smallest absolute Gasteiger partial charge is 0.0633 e. The fraction of sp³-hybridized carbons (Fsp3) is 1.00. The quantitative estimate of drug-likeness (QED) is 0.351. The molecule has 0 saturated heterocycles. The second kappa shape index (κ2) is 16.1. The van der Waals surface area contributed by atoms with Gasteiger partial charge in [0.25, 0.3) is 0 Å². The minimum absolute atomic E-state index is 0.132. The molecule has 0 bridgehead atoms. The van der Waals surface area contributed by atoms with Crippen molar-refractivity contribution in [1.29, 1.82) is 0 Å². The third-order valence-electron chi connectivity index (χ3n) is 4.24. The van der Waals surface area contributed by atoms with Gasteiger partial charge in [0.2, 0.25) is 0 Å². The third kappa shape index (κ3) is 13.9. The highest BCUT2D eigenvalue weighted by Gasteiger charge is 2.21. The molecule has 0 fully saturated rings. The van der Waals surface area contributed by atoms with Crippen LogP contribution in [0, 0.1) is 0 Å². The number of rotatable bonds is 17. The van der Waals surface area contributed by atoms with Gasteiger partial charge >= 0.3 is 0 Å². The van der Waals surface area contributed by atoms with Crippen LogP contribution in [-0.4, -0.2) is 40.5 Å². The number of hydrogen-bond acceptors (Lipinski definition) is 4. The Morgan fingerprint density at radius 2 is 1.18 bits per heavy atom. The minimum atomic E-state index is -0.780. The van der Waals surface area contributed by atoms with E-state index < -0.39 is 5.54 Å². The molecule has 0 amide bonds. The van der Waals surface area contributed by atoms with Crippen LogP contribution in [-0.2, 0) is 0 Å². The highest BCUT2D eigenvalue weighted by atomic mass is 32.2. The molecule has 3 nitrogen and oxygen atoms in total. The maximum absolute atomic E-state index is 9.10. The number of unbranched alkanes of at least 4 members (excludes halogenated alkanes) is 9. The summed E-state index contributed by atoms with van der Waals surface area (Å²) in [5.41, 5.74) is 5.05. The summed E-state index contributed by atoms with van der Waals surface area (Å²) < 4.78 is 0. The lowest BCUT2D eigenvalue weighted by Crippen LogP contribution is -2.47. The van der Waals surface area contributed by atoms with Crippen LogP contribution in [0.5, 0.6) is 0 Å². The normalized spacial score (nSPS) is 12.0. The zero-order valence-electron chi connectivity index (χ0n) is 14.7. The fourth-order valence-electron chi connectivity index (χ4n) is 2.53. The SMILES string of the molecule is CCCCCCCCCCCCSCCCC(N)(CO)CO. The summed E-state index contributed by atoms with van der Waals surface area (Å²) in [6.45, 7) is 2.00. The minimum Gasteiger partial charge on any atom is -0.394 e. The predicted octanol–water partition coefficient (Wildman–Crippen LogP) is 4.10. The van der Waals surface area contributed by atoms with Gasteiger partial charge in [-0.3, -0.25) is 0 Å². The summed E-state index contributed by atoms with van der Waals surface area (Å²) in [6, 6.07) is 0. The van der Waals surface area contributed by atoms with Crippen LogP contribution in [0.3, 0.4) is 0 Å². The van der Waals surface area contributed by atoms with Crippen molar-refractivity contribution in [3.63, 3.8) is 0 Å². The number of aliphatic hydroxyl groups excluding tert-OH is 2. The molecule has 0 rings (SSSR count). The monoisotopic (exact) mass is 333 g/mol. The van der Waals surface area contributed by atoms with Gasteiger partial charge in [-0.25, -0.2) is 0 Å². The van der Waals surface area contributed by atoms with Gasteiger partial charge < -0.3 is 15.9 Å². The van der Waals surface area contributed by atoms with Crippen LogP contribution < -0.4 is 5.73 Å². The van der Waals surface area contributed by atoms with Gasteiger partial charge in [0, 0.05) is 0 Å². The van der Waals surface area contributed by atoms with Crippen LogP contribution in [0.1, 0.15) is 84.0 Å². The molecule has 0 aromatic carbocycles. The van der Waals surface area contributed by atoms with E-state index in [-0.39, 0.29) is 13.2 Å². The van der Waals surface area contributed by atoms with Gasteiger partial charge in [0.1, 0.15) is 0 Å². The molecule has 0 spiro atoms. The first kappa shape index (κ1) is 22.2. The van der Waals surface area contributed by atoms with Crippen molar-refractivity contribution in [2.24, 2.45) is 5.73 Å². The van der Waals surface area contributed by atoms with E-state index in [1.165, 1.54) is 70.0 Å². The summed E-state index contributed by atoms with van der Waals surface area (Å²) in [5, 5.41) is 18.2. The summed E-state index contributed by atoms with van der Waals surface area (Å²) in [4.78, 5) is 0. The van der Waals surface area contributed by atoms with Gasteiger partial charge in [-0.05, 0) is 30.8 Å². The van der Waals surface area contributed by atoms with Crippen molar-refractivity contribution in [2.75, 3.05) is 24.7 Å². The Bertz CT molecular complexity index is 223. The lowest BCUT2D eigenvalue weighted by Gasteiger charge is -2.24. The molecule has 0 aromatic rings. The van der Waals surface area contributed by atoms with Crippen LogP contribution in [0.2, 0.25) is 0 Å². The molecular formula is C18H39NO2S. The van der Waals surface area contributed by atoms with Crippen molar-refractivity contribution in [3.8, 4) is 0 Å². The second-order valence-electron chi connectivity index (χ2n) is 6.58. The van der Waals surface area contributed by atoms with Gasteiger partial charge in [0.15, 0.2) is 0 Å². The Morgan fingerprint density at radius 3 is 1.68 bits per heavy atom. The maximum atomic E-state index is 9.10. The van der Waals surface area contributed by atoms with Gasteiger partial charge in [-0.15, -0.1) is 0 Å². The van der Waals surface area contributed by atoms with E-state index in [1.807, 2.05) is 11.8 Å². The van der Waals surface area contributed by atoms with Crippen LogP contribution in [0.15, 0.2) is 0 Å². The first-order valence-corrected chi connectivity index (χ1v) is 10.4. The second-order valence-corrected chi connectivity index (χ2v) is 7.80. The van der Waals surface area contributed by atoms with Crippen molar-refractivity contribution >= 4 is 11.8 Å². The topological polar surface area (TPSA) is 66.5 Å². The molecule has 4 N–H and O–H groups in total. The van der Waals surface area contributed by atoms with Crippen LogP contribution >= 0.6 is 11.8 Å². The van der Waals surface area contributed by atoms with Gasteiger partial charge in [-0.1, -0.05) is 64.7 Å². The molecule has 0 aliphatic rings. The Labute approximate surface area is 142 Å². The first-order chi connectivity index (χ1) is 10.7. The van der Waals surface area contributed by atoms with E-state index in [0.717, 1.165) is 12.2 Å². The molecule has 0 heterocycles. The Balaban J connectivity index is 3.14. The zero-order chi connectivity index (χ0) is 16.5. The Hall–Kier alpha value is 0.230. The molecule has 134 valence electrons. The molecule has 0 aromatic heterocycles. The van der Waals surface area contributed by atoms with Gasteiger partial charge in [0.05, 0.1) is 18.8 Å². The molecule has 0 saturated carbocycles. The van der Waals surface area contributed by atoms with E-state index in [9.17, 15) is 0 Å². The summed E-state index contributed by atoms with van der Waals surface area (Å²) in [5.74, 6) is 2.31. The van der Waals surface area contributed by atoms with Crippen molar-refractivity contribution in [1.82, 2.24) is 0 Å². The Morgan fingerprint density at radius 1 is 0.727 bits per heavy atom. The maximum Gasteiger partial charge on any atom is 0.0633 e. The molecule has 0 aliphatic heterocycles. The third-order valence-corrected chi connectivity index (χ3v) is 5.39. The average Bonchev–Trinajstić information content (AvgIpc) is 2.55. The van der Waals surface area contributed by atoms with E-state index in [4.69, 9.17) is 15.9 Å². The number of hydrogen-bond donors (Lipinski definition) is 3. The largest absolute Gasteiger partial charge is 0.394 e. The number of nitrogens with two attached hydrogens (primary N) is 1. The summed E-state index contributed by atoms with van der Waals surface area (Å²) >= 11 is 1.97. The molecular weight excluding hydrogens is 294 g/mol. The molecule has 0 radical (unpaired) electrons. The predicted molar refractivity (Wildman–Crippen MR) is 99.5 cm³/mol. The molecule has 0 aliphatic carbocycles. The standard InChI is InChI=1S/C18H39NO2S/c1-2-3-4-5-6-7-8-9-10-11-14-22-15-12-13-18(19,16-20)17-21/h20-21H,2-17,19H2,1H3. The zero-order valence-corrected chi connectivity index (χ0v) is 15.5. The number of thioether (sulfide) groups is 1. The fourth-order valence-corrected chi connectivity index (χ4v) is 3.49. The lowest BCUT2D eigenvalue weighted by atomic mass is 9.97. The van der Waals surface area contributed by atoms with Crippen molar-refractivity contribution in [2.45, 2.75) is 89.5 Å². The highest BCUT2D eigenvalue weighted by molar-refractivity contribution is 7.99. The number of aliphatic hydroxyl groups is 2. The van der Waals surface area contributed by atoms with Crippen molar-refractivity contribution in [3.05, 3.63) is 0 Å². The molecule has 0 atom stereocenters.